The van der Waals surface area contributed by atoms with Gasteiger partial charge in [-0.15, -0.1) is 6.58 Å². The fourth-order valence-electron chi connectivity index (χ4n) is 3.12. The first kappa shape index (κ1) is 23.8. The van der Waals surface area contributed by atoms with Gasteiger partial charge in [-0.2, -0.15) is 5.26 Å². The first-order chi connectivity index (χ1) is 15.9. The van der Waals surface area contributed by atoms with E-state index in [4.69, 9.17) is 16.3 Å². The lowest BCUT2D eigenvalue weighted by Gasteiger charge is -2.12. The third-order valence-corrected chi connectivity index (χ3v) is 5.25. The van der Waals surface area contributed by atoms with Gasteiger partial charge in [-0.3, -0.25) is 4.79 Å². The molecule has 3 aromatic rings. The maximum Gasteiger partial charge on any atom is 0.266 e. The van der Waals surface area contributed by atoms with Gasteiger partial charge in [-0.25, -0.2) is 4.39 Å². The van der Waals surface area contributed by atoms with Crippen LogP contribution in [0.15, 0.2) is 78.9 Å². The molecule has 1 N–H and O–H groups in total. The number of anilines is 1. The summed E-state index contributed by atoms with van der Waals surface area (Å²) < 4.78 is 19.3. The SMILES string of the molecule is C=CCc1cc(/C=C(/C#N)C(=O)Nc2ccc(C)c(Cl)c2)ccc1OCc1cccc(F)c1. The van der Waals surface area contributed by atoms with Crippen LogP contribution < -0.4 is 10.1 Å². The Balaban J connectivity index is 1.79. The highest BCUT2D eigenvalue weighted by atomic mass is 35.5. The Bertz CT molecular complexity index is 1260. The number of carbonyl (C=O) groups excluding carboxylic acids is 1. The second kappa shape index (κ2) is 11.1. The fourth-order valence-corrected chi connectivity index (χ4v) is 3.30. The van der Waals surface area contributed by atoms with Crippen LogP contribution in [-0.4, -0.2) is 5.91 Å². The molecule has 4 nitrogen and oxygen atoms in total. The van der Waals surface area contributed by atoms with Crippen LogP contribution in [0.5, 0.6) is 5.75 Å². The van der Waals surface area contributed by atoms with Crippen LogP contribution in [0, 0.1) is 24.1 Å². The van der Waals surface area contributed by atoms with Gasteiger partial charge < -0.3 is 10.1 Å². The van der Waals surface area contributed by atoms with Gasteiger partial charge in [0.05, 0.1) is 0 Å². The van der Waals surface area contributed by atoms with Gasteiger partial charge >= 0.3 is 0 Å². The highest BCUT2D eigenvalue weighted by Gasteiger charge is 2.12. The molecule has 3 aromatic carbocycles. The largest absolute Gasteiger partial charge is 0.489 e. The minimum Gasteiger partial charge on any atom is -0.489 e. The molecular formula is C27H22ClFN2O2. The maximum atomic E-state index is 13.4. The summed E-state index contributed by atoms with van der Waals surface area (Å²) in [5.41, 5.74) is 3.55. The average Bonchev–Trinajstić information content (AvgIpc) is 2.79. The number of hydrogen-bond donors (Lipinski definition) is 1. The number of halogens is 2. The molecule has 0 unspecified atom stereocenters. The molecule has 0 fully saturated rings. The van der Waals surface area contributed by atoms with Crippen molar-refractivity contribution in [2.24, 2.45) is 0 Å². The number of nitriles is 1. The summed E-state index contributed by atoms with van der Waals surface area (Å²) in [6, 6.07) is 18.6. The number of allylic oxidation sites excluding steroid dienone is 1. The smallest absolute Gasteiger partial charge is 0.266 e. The predicted octanol–water partition coefficient (Wildman–Crippen LogP) is 6.64. The molecular weight excluding hydrogens is 439 g/mol. The Labute approximate surface area is 197 Å². The summed E-state index contributed by atoms with van der Waals surface area (Å²) in [5, 5.41) is 12.7. The van der Waals surface area contributed by atoms with Crippen LogP contribution in [0.1, 0.15) is 22.3 Å². The zero-order valence-electron chi connectivity index (χ0n) is 18.1. The highest BCUT2D eigenvalue weighted by Crippen LogP contribution is 2.25. The predicted molar refractivity (Wildman–Crippen MR) is 129 cm³/mol. The fraction of sp³-hybridized carbons (Fsp3) is 0.111. The van der Waals surface area contributed by atoms with Crippen molar-refractivity contribution in [1.82, 2.24) is 0 Å². The van der Waals surface area contributed by atoms with Gasteiger partial charge in [-0.1, -0.05) is 41.9 Å². The Kier molecular flexibility index (Phi) is 8.01. The number of nitrogens with one attached hydrogen (secondary N) is 1. The van der Waals surface area contributed by atoms with E-state index in [1.165, 1.54) is 18.2 Å². The Morgan fingerprint density at radius 2 is 2.03 bits per heavy atom. The summed E-state index contributed by atoms with van der Waals surface area (Å²) in [5.74, 6) is -0.235. The molecule has 0 atom stereocenters. The number of carbonyl (C=O) groups is 1. The van der Waals surface area contributed by atoms with Crippen molar-refractivity contribution in [1.29, 1.82) is 5.26 Å². The molecule has 0 aliphatic heterocycles. The summed E-state index contributed by atoms with van der Waals surface area (Å²) in [7, 11) is 0. The van der Waals surface area contributed by atoms with Gasteiger partial charge in [0, 0.05) is 10.7 Å². The summed E-state index contributed by atoms with van der Waals surface area (Å²) >= 11 is 6.11. The van der Waals surface area contributed by atoms with Crippen LogP contribution in [0.2, 0.25) is 5.02 Å². The van der Waals surface area contributed by atoms with Crippen molar-refractivity contribution >= 4 is 29.3 Å². The van der Waals surface area contributed by atoms with Gasteiger partial charge in [-0.05, 0) is 78.1 Å². The Morgan fingerprint density at radius 1 is 1.21 bits per heavy atom. The zero-order valence-corrected chi connectivity index (χ0v) is 18.8. The molecule has 0 bridgehead atoms. The molecule has 0 aliphatic rings. The Hall–Kier alpha value is -3.88. The summed E-state index contributed by atoms with van der Waals surface area (Å²) in [6.07, 6.45) is 3.76. The molecule has 0 heterocycles. The van der Waals surface area contributed by atoms with E-state index in [0.717, 1.165) is 11.1 Å². The molecule has 0 spiro atoms. The van der Waals surface area contributed by atoms with E-state index in [-0.39, 0.29) is 18.0 Å². The number of nitrogens with zero attached hydrogens (tertiary/aromatic N) is 1. The van der Waals surface area contributed by atoms with Crippen molar-refractivity contribution in [3.05, 3.63) is 112 Å². The molecule has 0 saturated heterocycles. The normalized spacial score (nSPS) is 10.9. The van der Waals surface area contributed by atoms with Crippen LogP contribution in [-0.2, 0) is 17.8 Å². The highest BCUT2D eigenvalue weighted by molar-refractivity contribution is 6.31. The second-order valence-electron chi connectivity index (χ2n) is 7.37. The number of benzene rings is 3. The quantitative estimate of drug-likeness (QED) is 0.233. The van der Waals surface area contributed by atoms with Crippen LogP contribution in [0.4, 0.5) is 10.1 Å². The van der Waals surface area contributed by atoms with E-state index in [2.05, 4.69) is 11.9 Å². The third-order valence-electron chi connectivity index (χ3n) is 4.84. The second-order valence-corrected chi connectivity index (χ2v) is 7.77. The lowest BCUT2D eigenvalue weighted by atomic mass is 10.0. The van der Waals surface area contributed by atoms with Crippen molar-refractivity contribution in [2.45, 2.75) is 20.0 Å². The number of rotatable bonds is 8. The molecule has 33 heavy (non-hydrogen) atoms. The molecule has 0 saturated carbocycles. The molecule has 3 rings (SSSR count). The van der Waals surface area contributed by atoms with E-state index in [9.17, 15) is 14.4 Å². The topological polar surface area (TPSA) is 62.1 Å². The van der Waals surface area contributed by atoms with Crippen molar-refractivity contribution in [3.8, 4) is 11.8 Å². The zero-order chi connectivity index (χ0) is 23.8. The van der Waals surface area contributed by atoms with Gasteiger partial charge in [0.25, 0.3) is 5.91 Å². The molecule has 0 radical (unpaired) electrons. The number of amides is 1. The molecule has 6 heteroatoms. The maximum absolute atomic E-state index is 13.4. The van der Waals surface area contributed by atoms with Gasteiger partial charge in [0.2, 0.25) is 0 Å². The molecule has 166 valence electrons. The lowest BCUT2D eigenvalue weighted by molar-refractivity contribution is -0.112. The number of ether oxygens (including phenoxy) is 1. The van der Waals surface area contributed by atoms with Crippen LogP contribution >= 0.6 is 11.6 Å². The minimum atomic E-state index is -0.533. The van der Waals surface area contributed by atoms with E-state index in [1.54, 1.807) is 48.5 Å². The third kappa shape index (κ3) is 6.55. The van der Waals surface area contributed by atoms with Crippen molar-refractivity contribution in [2.75, 3.05) is 5.32 Å². The summed E-state index contributed by atoms with van der Waals surface area (Å²) in [6.45, 7) is 5.85. The molecule has 0 aliphatic carbocycles. The summed E-state index contributed by atoms with van der Waals surface area (Å²) in [4.78, 5) is 12.6. The van der Waals surface area contributed by atoms with Gasteiger partial charge in [0.15, 0.2) is 0 Å². The first-order valence-electron chi connectivity index (χ1n) is 10.2. The van der Waals surface area contributed by atoms with E-state index < -0.39 is 5.91 Å². The van der Waals surface area contributed by atoms with E-state index in [1.807, 2.05) is 19.1 Å². The first-order valence-corrected chi connectivity index (χ1v) is 10.6. The minimum absolute atomic E-state index is 0.0512. The van der Waals surface area contributed by atoms with Crippen molar-refractivity contribution < 1.29 is 13.9 Å². The van der Waals surface area contributed by atoms with Crippen molar-refractivity contribution in [3.63, 3.8) is 0 Å². The van der Waals surface area contributed by atoms with Crippen LogP contribution in [0.3, 0.4) is 0 Å². The molecule has 0 aromatic heterocycles. The number of aryl methyl sites for hydroxylation is 1. The average molecular weight is 461 g/mol. The van der Waals surface area contributed by atoms with Gasteiger partial charge in [0.1, 0.15) is 29.8 Å². The number of hydrogen-bond acceptors (Lipinski definition) is 3. The lowest BCUT2D eigenvalue weighted by Crippen LogP contribution is -2.13. The molecule has 1 amide bonds. The monoisotopic (exact) mass is 460 g/mol. The van der Waals surface area contributed by atoms with E-state index >= 15 is 0 Å². The van der Waals surface area contributed by atoms with Crippen LogP contribution in [0.25, 0.3) is 6.08 Å². The standard InChI is InChI=1S/C27H22ClFN2O2/c1-3-5-21-12-19(9-11-26(21)33-17-20-6-4-7-23(29)14-20)13-22(16-30)27(32)31-24-10-8-18(2)25(28)15-24/h3-4,6-15H,1,5,17H2,2H3,(H,31,32)/b22-13-. The Morgan fingerprint density at radius 3 is 2.73 bits per heavy atom. The van der Waals surface area contributed by atoms with E-state index in [0.29, 0.717) is 34.0 Å².